The molecule has 0 aromatic carbocycles. The molecule has 0 radical (unpaired) electrons. The molecule has 17 heavy (non-hydrogen) atoms. The monoisotopic (exact) mass is 261 g/mol. The standard InChI is InChI=1S/C13H24ClNO2/c1-12(16)15-11-9-7-5-3-2-4-6-8-10-13(14)17/h2-11H2,1H3,(H,15,16). The fourth-order valence-corrected chi connectivity index (χ4v) is 1.85. The molecule has 100 valence electrons. The van der Waals surface area contributed by atoms with Gasteiger partial charge in [-0.3, -0.25) is 9.59 Å². The van der Waals surface area contributed by atoms with Crippen molar-refractivity contribution >= 4 is 22.8 Å². The van der Waals surface area contributed by atoms with Crippen LogP contribution in [-0.4, -0.2) is 17.7 Å². The Labute approximate surface area is 109 Å². The summed E-state index contributed by atoms with van der Waals surface area (Å²) >= 11 is 5.24. The van der Waals surface area contributed by atoms with Gasteiger partial charge < -0.3 is 5.32 Å². The zero-order valence-corrected chi connectivity index (χ0v) is 11.5. The lowest BCUT2D eigenvalue weighted by Crippen LogP contribution is -2.20. The molecule has 0 bridgehead atoms. The van der Waals surface area contributed by atoms with Gasteiger partial charge in [-0.25, -0.2) is 0 Å². The van der Waals surface area contributed by atoms with Gasteiger partial charge in [0.2, 0.25) is 11.1 Å². The molecular weight excluding hydrogens is 238 g/mol. The molecule has 3 nitrogen and oxygen atoms in total. The van der Waals surface area contributed by atoms with Crippen molar-refractivity contribution in [2.75, 3.05) is 6.54 Å². The Morgan fingerprint density at radius 2 is 1.35 bits per heavy atom. The van der Waals surface area contributed by atoms with Crippen LogP contribution in [0.25, 0.3) is 0 Å². The lowest BCUT2D eigenvalue weighted by atomic mass is 10.1. The molecule has 0 aromatic rings. The Bertz CT molecular complexity index is 197. The SMILES string of the molecule is CC(=O)NCCCCCCCCCCC(=O)Cl. The molecule has 0 heterocycles. The van der Waals surface area contributed by atoms with Crippen LogP contribution in [0.5, 0.6) is 0 Å². The quantitative estimate of drug-likeness (QED) is 0.458. The average molecular weight is 262 g/mol. The number of carbonyl (C=O) groups is 2. The van der Waals surface area contributed by atoms with Gasteiger partial charge in [0.15, 0.2) is 0 Å². The van der Waals surface area contributed by atoms with Crippen LogP contribution in [-0.2, 0) is 9.59 Å². The van der Waals surface area contributed by atoms with Gasteiger partial charge in [-0.2, -0.15) is 0 Å². The van der Waals surface area contributed by atoms with Gasteiger partial charge in [0.25, 0.3) is 0 Å². The van der Waals surface area contributed by atoms with Crippen LogP contribution in [0.15, 0.2) is 0 Å². The maximum Gasteiger partial charge on any atom is 0.221 e. The van der Waals surface area contributed by atoms with E-state index in [4.69, 9.17) is 11.6 Å². The first kappa shape index (κ1) is 16.4. The Kier molecular flexibility index (Phi) is 11.5. The average Bonchev–Trinajstić information content (AvgIpc) is 2.25. The normalized spacial score (nSPS) is 10.2. The molecule has 0 aliphatic rings. The molecule has 0 fully saturated rings. The summed E-state index contributed by atoms with van der Waals surface area (Å²) in [6.07, 6.45) is 9.68. The van der Waals surface area contributed by atoms with Crippen LogP contribution in [0, 0.1) is 0 Å². The second-order valence-electron chi connectivity index (χ2n) is 4.42. The highest BCUT2D eigenvalue weighted by Crippen LogP contribution is 2.10. The lowest BCUT2D eigenvalue weighted by molar-refractivity contribution is -0.119. The summed E-state index contributed by atoms with van der Waals surface area (Å²) in [6, 6.07) is 0. The van der Waals surface area contributed by atoms with Gasteiger partial charge in [0, 0.05) is 19.9 Å². The predicted octanol–water partition coefficient (Wildman–Crippen LogP) is 3.40. The number of hydrogen-bond acceptors (Lipinski definition) is 2. The Morgan fingerprint density at radius 3 is 1.82 bits per heavy atom. The zero-order valence-electron chi connectivity index (χ0n) is 10.8. The van der Waals surface area contributed by atoms with E-state index in [-0.39, 0.29) is 11.1 Å². The highest BCUT2D eigenvalue weighted by atomic mass is 35.5. The predicted molar refractivity (Wildman–Crippen MR) is 71.1 cm³/mol. The number of halogens is 1. The summed E-state index contributed by atoms with van der Waals surface area (Å²) in [5, 5.41) is 2.57. The van der Waals surface area contributed by atoms with E-state index in [9.17, 15) is 9.59 Å². The molecule has 0 atom stereocenters. The van der Waals surface area contributed by atoms with Crippen molar-refractivity contribution in [1.29, 1.82) is 0 Å². The fourth-order valence-electron chi connectivity index (χ4n) is 1.71. The second-order valence-corrected chi connectivity index (χ2v) is 4.84. The van der Waals surface area contributed by atoms with Crippen LogP contribution in [0.1, 0.15) is 64.7 Å². The highest BCUT2D eigenvalue weighted by molar-refractivity contribution is 6.63. The van der Waals surface area contributed by atoms with E-state index in [1.54, 1.807) is 6.92 Å². The van der Waals surface area contributed by atoms with Crippen molar-refractivity contribution in [1.82, 2.24) is 5.32 Å². The smallest absolute Gasteiger partial charge is 0.221 e. The van der Waals surface area contributed by atoms with Crippen LogP contribution < -0.4 is 5.32 Å². The minimum Gasteiger partial charge on any atom is -0.356 e. The van der Waals surface area contributed by atoms with E-state index in [2.05, 4.69) is 5.32 Å². The Morgan fingerprint density at radius 1 is 0.882 bits per heavy atom. The van der Waals surface area contributed by atoms with E-state index < -0.39 is 0 Å². The Hall–Kier alpha value is -0.570. The molecular formula is C13H24ClNO2. The summed E-state index contributed by atoms with van der Waals surface area (Å²) in [6.45, 7) is 2.35. The third-order valence-corrected chi connectivity index (χ3v) is 2.86. The molecule has 0 aliphatic heterocycles. The third kappa shape index (κ3) is 15.4. The summed E-state index contributed by atoms with van der Waals surface area (Å²) in [5.41, 5.74) is 0. The zero-order chi connectivity index (χ0) is 12.9. The number of hydrogen-bond donors (Lipinski definition) is 1. The van der Waals surface area contributed by atoms with Crippen molar-refractivity contribution in [3.8, 4) is 0 Å². The molecule has 1 N–H and O–H groups in total. The van der Waals surface area contributed by atoms with Crippen molar-refractivity contribution in [3.05, 3.63) is 0 Å². The maximum absolute atomic E-state index is 10.6. The molecule has 0 aliphatic carbocycles. The van der Waals surface area contributed by atoms with Gasteiger partial charge in [-0.05, 0) is 24.4 Å². The van der Waals surface area contributed by atoms with E-state index in [1.807, 2.05) is 0 Å². The van der Waals surface area contributed by atoms with Crippen molar-refractivity contribution < 1.29 is 9.59 Å². The molecule has 0 aromatic heterocycles. The number of rotatable bonds is 11. The molecule has 0 spiro atoms. The van der Waals surface area contributed by atoms with Crippen molar-refractivity contribution in [2.24, 2.45) is 0 Å². The molecule has 1 amide bonds. The molecule has 0 unspecified atom stereocenters. The lowest BCUT2D eigenvalue weighted by Gasteiger charge is -2.02. The van der Waals surface area contributed by atoms with Gasteiger partial charge >= 0.3 is 0 Å². The van der Waals surface area contributed by atoms with Crippen LogP contribution in [0.4, 0.5) is 0 Å². The van der Waals surface area contributed by atoms with Gasteiger partial charge in [-0.1, -0.05) is 38.5 Å². The largest absolute Gasteiger partial charge is 0.356 e. The minimum absolute atomic E-state index is 0.0545. The topological polar surface area (TPSA) is 46.2 Å². The number of unbranched alkanes of at least 4 members (excludes halogenated alkanes) is 7. The first-order chi connectivity index (χ1) is 8.13. The highest BCUT2D eigenvalue weighted by Gasteiger charge is 1.96. The molecule has 4 heteroatoms. The van der Waals surface area contributed by atoms with Gasteiger partial charge in [0.05, 0.1) is 0 Å². The number of carbonyl (C=O) groups excluding carboxylic acids is 2. The van der Waals surface area contributed by atoms with E-state index in [0.29, 0.717) is 6.42 Å². The Balaban J connectivity index is 2.98. The molecule has 0 rings (SSSR count). The number of nitrogens with one attached hydrogen (secondary N) is 1. The minimum atomic E-state index is -0.219. The van der Waals surface area contributed by atoms with Crippen molar-refractivity contribution in [3.63, 3.8) is 0 Å². The van der Waals surface area contributed by atoms with Crippen LogP contribution in [0.3, 0.4) is 0 Å². The summed E-state index contributed by atoms with van der Waals surface area (Å²) in [7, 11) is 0. The third-order valence-electron chi connectivity index (χ3n) is 2.67. The van der Waals surface area contributed by atoms with Crippen LogP contribution in [0.2, 0.25) is 0 Å². The van der Waals surface area contributed by atoms with Gasteiger partial charge in [0.1, 0.15) is 0 Å². The first-order valence-electron chi connectivity index (χ1n) is 6.55. The van der Waals surface area contributed by atoms with E-state index >= 15 is 0 Å². The summed E-state index contributed by atoms with van der Waals surface area (Å²) in [4.78, 5) is 21.0. The fraction of sp³-hybridized carbons (Fsp3) is 0.846. The van der Waals surface area contributed by atoms with E-state index in [1.165, 1.54) is 32.1 Å². The van der Waals surface area contributed by atoms with Crippen molar-refractivity contribution in [2.45, 2.75) is 64.7 Å². The second kappa shape index (κ2) is 11.9. The van der Waals surface area contributed by atoms with E-state index in [0.717, 1.165) is 25.8 Å². The summed E-state index contributed by atoms with van der Waals surface area (Å²) in [5.74, 6) is 0.0545. The number of amides is 1. The summed E-state index contributed by atoms with van der Waals surface area (Å²) < 4.78 is 0. The van der Waals surface area contributed by atoms with Crippen LogP contribution >= 0.6 is 11.6 Å². The maximum atomic E-state index is 10.6. The molecule has 0 saturated carbocycles. The molecule has 0 saturated heterocycles. The van der Waals surface area contributed by atoms with Gasteiger partial charge in [-0.15, -0.1) is 0 Å². The first-order valence-corrected chi connectivity index (χ1v) is 6.93.